The SMILES string of the molecule is COc1cc(C)cc(OC)c1OCc1cccc(C)c1. The fourth-order valence-corrected chi connectivity index (χ4v) is 2.11. The van der Waals surface area contributed by atoms with Gasteiger partial charge < -0.3 is 14.2 Å². The van der Waals surface area contributed by atoms with E-state index in [2.05, 4.69) is 19.1 Å². The van der Waals surface area contributed by atoms with Crippen LogP contribution in [0.3, 0.4) is 0 Å². The highest BCUT2D eigenvalue weighted by molar-refractivity contribution is 5.53. The van der Waals surface area contributed by atoms with Crippen molar-refractivity contribution in [2.75, 3.05) is 14.2 Å². The number of methoxy groups -OCH3 is 2. The summed E-state index contributed by atoms with van der Waals surface area (Å²) in [5.74, 6) is 2.02. The van der Waals surface area contributed by atoms with E-state index in [0.29, 0.717) is 23.9 Å². The maximum atomic E-state index is 5.90. The van der Waals surface area contributed by atoms with Gasteiger partial charge in [-0.3, -0.25) is 0 Å². The zero-order valence-corrected chi connectivity index (χ0v) is 12.4. The van der Waals surface area contributed by atoms with Crippen molar-refractivity contribution in [3.63, 3.8) is 0 Å². The summed E-state index contributed by atoms with van der Waals surface area (Å²) in [7, 11) is 3.27. The fraction of sp³-hybridized carbons (Fsp3) is 0.294. The Morgan fingerprint density at radius 3 is 2.05 bits per heavy atom. The molecule has 0 aromatic heterocycles. The number of rotatable bonds is 5. The van der Waals surface area contributed by atoms with E-state index in [4.69, 9.17) is 14.2 Å². The summed E-state index contributed by atoms with van der Waals surface area (Å²) in [4.78, 5) is 0. The normalized spacial score (nSPS) is 10.2. The van der Waals surface area contributed by atoms with Gasteiger partial charge in [-0.15, -0.1) is 0 Å². The van der Waals surface area contributed by atoms with Crippen molar-refractivity contribution in [2.45, 2.75) is 20.5 Å². The Morgan fingerprint density at radius 2 is 1.50 bits per heavy atom. The van der Waals surface area contributed by atoms with Gasteiger partial charge in [-0.25, -0.2) is 0 Å². The number of hydrogen-bond donors (Lipinski definition) is 0. The standard InChI is InChI=1S/C17H20O3/c1-12-6-5-7-14(8-12)11-20-17-15(18-3)9-13(2)10-16(17)19-4/h5-10H,11H2,1-4H3. The van der Waals surface area contributed by atoms with Crippen LogP contribution in [0.1, 0.15) is 16.7 Å². The van der Waals surface area contributed by atoms with Gasteiger partial charge in [0.2, 0.25) is 5.75 Å². The molecule has 0 amide bonds. The monoisotopic (exact) mass is 272 g/mol. The van der Waals surface area contributed by atoms with Crippen LogP contribution >= 0.6 is 0 Å². The first-order valence-electron chi connectivity index (χ1n) is 6.55. The predicted octanol–water partition coefficient (Wildman–Crippen LogP) is 3.90. The van der Waals surface area contributed by atoms with E-state index in [1.54, 1.807) is 14.2 Å². The molecule has 0 aliphatic rings. The van der Waals surface area contributed by atoms with E-state index in [0.717, 1.165) is 11.1 Å². The molecular formula is C17H20O3. The quantitative estimate of drug-likeness (QED) is 0.826. The van der Waals surface area contributed by atoms with E-state index >= 15 is 0 Å². The van der Waals surface area contributed by atoms with Gasteiger partial charge in [0.15, 0.2) is 11.5 Å². The fourth-order valence-electron chi connectivity index (χ4n) is 2.11. The molecule has 0 spiro atoms. The molecule has 0 atom stereocenters. The van der Waals surface area contributed by atoms with Gasteiger partial charge in [0.1, 0.15) is 6.61 Å². The van der Waals surface area contributed by atoms with Crippen molar-refractivity contribution < 1.29 is 14.2 Å². The summed E-state index contributed by atoms with van der Waals surface area (Å²) in [5, 5.41) is 0. The Kier molecular flexibility index (Phi) is 4.51. The van der Waals surface area contributed by atoms with Crippen LogP contribution in [0.25, 0.3) is 0 Å². The highest BCUT2D eigenvalue weighted by Crippen LogP contribution is 2.38. The highest BCUT2D eigenvalue weighted by Gasteiger charge is 2.13. The Morgan fingerprint density at radius 1 is 0.850 bits per heavy atom. The molecule has 0 saturated heterocycles. The molecule has 0 aliphatic carbocycles. The minimum Gasteiger partial charge on any atom is -0.493 e. The van der Waals surface area contributed by atoms with Crippen LogP contribution in [0.2, 0.25) is 0 Å². The van der Waals surface area contributed by atoms with Crippen LogP contribution in [0, 0.1) is 13.8 Å². The first-order chi connectivity index (χ1) is 9.63. The average molecular weight is 272 g/mol. The maximum absolute atomic E-state index is 5.90. The molecule has 20 heavy (non-hydrogen) atoms. The zero-order chi connectivity index (χ0) is 14.5. The molecule has 3 heteroatoms. The third-order valence-electron chi connectivity index (χ3n) is 3.07. The number of hydrogen-bond acceptors (Lipinski definition) is 3. The second-order valence-electron chi connectivity index (χ2n) is 4.78. The summed E-state index contributed by atoms with van der Waals surface area (Å²) in [5.41, 5.74) is 3.41. The lowest BCUT2D eigenvalue weighted by Gasteiger charge is -2.15. The minimum atomic E-state index is 0.484. The lowest BCUT2D eigenvalue weighted by molar-refractivity contribution is 0.265. The first kappa shape index (κ1) is 14.3. The van der Waals surface area contributed by atoms with E-state index in [-0.39, 0.29) is 0 Å². The molecule has 3 nitrogen and oxygen atoms in total. The predicted molar refractivity (Wildman–Crippen MR) is 79.8 cm³/mol. The van der Waals surface area contributed by atoms with Gasteiger partial charge in [-0.1, -0.05) is 29.8 Å². The van der Waals surface area contributed by atoms with Crippen LogP contribution < -0.4 is 14.2 Å². The van der Waals surface area contributed by atoms with Crippen LogP contribution in [0.15, 0.2) is 36.4 Å². The van der Waals surface area contributed by atoms with Crippen molar-refractivity contribution in [1.29, 1.82) is 0 Å². The minimum absolute atomic E-state index is 0.484. The molecule has 106 valence electrons. The van der Waals surface area contributed by atoms with E-state index in [9.17, 15) is 0 Å². The second kappa shape index (κ2) is 6.33. The van der Waals surface area contributed by atoms with Gasteiger partial charge >= 0.3 is 0 Å². The molecule has 0 unspecified atom stereocenters. The number of ether oxygens (including phenoxy) is 3. The van der Waals surface area contributed by atoms with Crippen LogP contribution in [0.4, 0.5) is 0 Å². The summed E-state index contributed by atoms with van der Waals surface area (Å²) in [6, 6.07) is 12.1. The molecule has 2 rings (SSSR count). The third-order valence-corrected chi connectivity index (χ3v) is 3.07. The molecule has 0 bridgehead atoms. The topological polar surface area (TPSA) is 27.7 Å². The summed E-state index contributed by atoms with van der Waals surface area (Å²) in [6.45, 7) is 4.55. The van der Waals surface area contributed by atoms with E-state index in [1.165, 1.54) is 5.56 Å². The van der Waals surface area contributed by atoms with Gasteiger partial charge in [-0.2, -0.15) is 0 Å². The van der Waals surface area contributed by atoms with E-state index < -0.39 is 0 Å². The number of aryl methyl sites for hydroxylation is 2. The van der Waals surface area contributed by atoms with Crippen LogP contribution in [0.5, 0.6) is 17.2 Å². The Balaban J connectivity index is 2.24. The third kappa shape index (κ3) is 3.23. The van der Waals surface area contributed by atoms with E-state index in [1.807, 2.05) is 31.2 Å². The van der Waals surface area contributed by atoms with Gasteiger partial charge in [0, 0.05) is 0 Å². The summed E-state index contributed by atoms with van der Waals surface area (Å²) >= 11 is 0. The Hall–Kier alpha value is -2.16. The molecule has 0 saturated carbocycles. The Bertz CT molecular complexity index is 566. The van der Waals surface area contributed by atoms with Crippen molar-refractivity contribution >= 4 is 0 Å². The van der Waals surface area contributed by atoms with Crippen molar-refractivity contribution in [3.8, 4) is 17.2 Å². The molecule has 0 N–H and O–H groups in total. The maximum Gasteiger partial charge on any atom is 0.203 e. The second-order valence-corrected chi connectivity index (χ2v) is 4.78. The molecular weight excluding hydrogens is 252 g/mol. The summed E-state index contributed by atoms with van der Waals surface area (Å²) in [6.07, 6.45) is 0. The van der Waals surface area contributed by atoms with Gasteiger partial charge in [0.05, 0.1) is 14.2 Å². The lowest BCUT2D eigenvalue weighted by Crippen LogP contribution is -2.00. The average Bonchev–Trinajstić information content (AvgIpc) is 2.45. The summed E-state index contributed by atoms with van der Waals surface area (Å²) < 4.78 is 16.6. The Labute approximate surface area is 120 Å². The van der Waals surface area contributed by atoms with Crippen LogP contribution in [-0.2, 0) is 6.61 Å². The lowest BCUT2D eigenvalue weighted by atomic mass is 10.1. The van der Waals surface area contributed by atoms with Crippen molar-refractivity contribution in [3.05, 3.63) is 53.1 Å². The van der Waals surface area contributed by atoms with Gasteiger partial charge in [-0.05, 0) is 37.1 Å². The molecule has 0 radical (unpaired) electrons. The largest absolute Gasteiger partial charge is 0.493 e. The number of benzene rings is 2. The highest BCUT2D eigenvalue weighted by atomic mass is 16.5. The molecule has 0 aliphatic heterocycles. The van der Waals surface area contributed by atoms with Crippen LogP contribution in [-0.4, -0.2) is 14.2 Å². The van der Waals surface area contributed by atoms with Crippen molar-refractivity contribution in [2.24, 2.45) is 0 Å². The van der Waals surface area contributed by atoms with Crippen molar-refractivity contribution in [1.82, 2.24) is 0 Å². The molecule has 0 heterocycles. The first-order valence-corrected chi connectivity index (χ1v) is 6.55. The molecule has 0 fully saturated rings. The zero-order valence-electron chi connectivity index (χ0n) is 12.4. The molecule has 2 aromatic rings. The molecule has 2 aromatic carbocycles. The smallest absolute Gasteiger partial charge is 0.203 e. The van der Waals surface area contributed by atoms with Gasteiger partial charge in [0.25, 0.3) is 0 Å².